The average Bonchev–Trinajstić information content (AvgIpc) is 3.74. The number of likely N-dealkylation sites (N-methyl/N-ethyl adjacent to an activating group) is 2. The third-order valence-corrected chi connectivity index (χ3v) is 14.4. The Kier molecular flexibility index (Phi) is 15.7. The van der Waals surface area contributed by atoms with Gasteiger partial charge in [-0.05, 0) is 88.3 Å². The Labute approximate surface area is 428 Å². The van der Waals surface area contributed by atoms with Crippen LogP contribution in [-0.4, -0.2) is 170 Å². The van der Waals surface area contributed by atoms with E-state index < -0.39 is 82.3 Å². The minimum atomic E-state index is -5.39. The van der Waals surface area contributed by atoms with E-state index in [0.29, 0.717) is 84.3 Å². The molecule has 1 N–H and O–H groups in total. The van der Waals surface area contributed by atoms with E-state index in [9.17, 15) is 49.5 Å². The molecule has 0 aliphatic carbocycles. The number of halogens is 8. The quantitative estimate of drug-likeness (QED) is 0.137. The molecule has 6 heterocycles. The van der Waals surface area contributed by atoms with Crippen molar-refractivity contribution in [2.45, 2.75) is 60.0 Å². The summed E-state index contributed by atoms with van der Waals surface area (Å²) >= 11 is 0.729. The van der Waals surface area contributed by atoms with E-state index in [0.717, 1.165) is 30.1 Å². The van der Waals surface area contributed by atoms with Gasteiger partial charge in [-0.25, -0.2) is 18.7 Å². The van der Waals surface area contributed by atoms with Gasteiger partial charge in [0.05, 0.1) is 28.7 Å². The molecule has 0 bridgehead atoms. The first kappa shape index (κ1) is 53.3. The van der Waals surface area contributed by atoms with Crippen molar-refractivity contribution in [1.29, 1.82) is 0 Å². The molecule has 4 fully saturated rings. The number of benzene rings is 3. The zero-order valence-corrected chi connectivity index (χ0v) is 41.4. The first-order valence-corrected chi connectivity index (χ1v) is 24.9. The number of hydrogen-bond donors (Lipinski definition) is 1. The van der Waals surface area contributed by atoms with Crippen molar-refractivity contribution in [1.82, 2.24) is 29.5 Å². The van der Waals surface area contributed by atoms with Crippen LogP contribution in [-0.2, 0) is 19.1 Å². The van der Waals surface area contributed by atoms with Crippen molar-refractivity contribution in [2.24, 2.45) is 0 Å². The predicted octanol–water partition coefficient (Wildman–Crippen LogP) is 6.85. The van der Waals surface area contributed by atoms with Crippen molar-refractivity contribution in [3.63, 3.8) is 0 Å². The largest absolute Gasteiger partial charge is 0.471 e. The minimum Gasteiger partial charge on any atom is -0.381 e. The second-order valence-corrected chi connectivity index (χ2v) is 19.7. The fourth-order valence-electron chi connectivity index (χ4n) is 9.59. The minimum absolute atomic E-state index is 0.00286. The highest BCUT2D eigenvalue weighted by Gasteiger charge is 2.48. The van der Waals surface area contributed by atoms with Crippen LogP contribution in [0.2, 0.25) is 0 Å². The van der Waals surface area contributed by atoms with E-state index in [1.54, 1.807) is 0 Å². The number of rotatable bonds is 11. The normalized spacial score (nSPS) is 17.8. The van der Waals surface area contributed by atoms with Gasteiger partial charge >= 0.3 is 24.2 Å². The lowest BCUT2D eigenvalue weighted by molar-refractivity contribution is -0.171. The zero-order chi connectivity index (χ0) is 53.3. The molecular weight excluding hydrogens is 1020 g/mol. The Morgan fingerprint density at radius 3 is 1.60 bits per heavy atom. The number of carbonyl (C=O) groups excluding carboxylic acids is 4. The molecule has 5 aromatic rings. The van der Waals surface area contributed by atoms with Crippen molar-refractivity contribution >= 4 is 75.1 Å². The summed E-state index contributed by atoms with van der Waals surface area (Å²) in [6, 6.07) is 8.79. The Hall–Kier alpha value is -6.48. The molecule has 3 amide bonds. The smallest absolute Gasteiger partial charge is 0.381 e. The highest BCUT2D eigenvalue weighted by Crippen LogP contribution is 2.39. The molecule has 17 nitrogen and oxygen atoms in total. The van der Waals surface area contributed by atoms with Crippen LogP contribution in [0.15, 0.2) is 70.7 Å². The second kappa shape index (κ2) is 22.0. The molecule has 4 saturated heterocycles. The topological polar surface area (TPSA) is 162 Å². The molecule has 0 spiro atoms. The molecule has 4 aliphatic rings. The molecule has 0 unspecified atom stereocenters. The third kappa shape index (κ3) is 11.8. The summed E-state index contributed by atoms with van der Waals surface area (Å²) < 4.78 is 128. The number of ether oxygens (including phenoxy) is 2. The summed E-state index contributed by atoms with van der Waals surface area (Å²) in [6.45, 7) is 4.43. The molecule has 3 aromatic carbocycles. The zero-order valence-electron chi connectivity index (χ0n) is 40.6. The van der Waals surface area contributed by atoms with E-state index in [1.807, 2.05) is 23.9 Å². The number of carbonyl (C=O) groups is 4. The summed E-state index contributed by atoms with van der Waals surface area (Å²) in [5.74, 6) is -9.07. The van der Waals surface area contributed by atoms with E-state index in [4.69, 9.17) is 9.47 Å². The first-order valence-electron chi connectivity index (χ1n) is 24.1. The van der Waals surface area contributed by atoms with Crippen molar-refractivity contribution in [3.05, 3.63) is 83.6 Å². The molecule has 4 aliphatic heterocycles. The third-order valence-electron chi connectivity index (χ3n) is 13.6. The molecule has 75 heavy (non-hydrogen) atoms. The van der Waals surface area contributed by atoms with Gasteiger partial charge in [-0.3, -0.25) is 19.2 Å². The van der Waals surface area contributed by atoms with Crippen LogP contribution in [0.25, 0.3) is 11.2 Å². The van der Waals surface area contributed by atoms with Crippen LogP contribution in [0.5, 0.6) is 0 Å². The van der Waals surface area contributed by atoms with Gasteiger partial charge in [-0.2, -0.15) is 31.0 Å². The van der Waals surface area contributed by atoms with Gasteiger partial charge in [0.2, 0.25) is 0 Å². The van der Waals surface area contributed by atoms with Gasteiger partial charge in [0.25, 0.3) is 11.8 Å². The summed E-state index contributed by atoms with van der Waals surface area (Å²) in [5.41, 5.74) is -1.53. The number of piperazine rings is 2. The van der Waals surface area contributed by atoms with Crippen LogP contribution < -0.4 is 24.9 Å². The fourth-order valence-corrected chi connectivity index (χ4v) is 10.4. The van der Waals surface area contributed by atoms with Gasteiger partial charge in [0.15, 0.2) is 17.0 Å². The molecule has 26 heteroatoms. The number of amides is 3. The molecule has 2 aromatic heterocycles. The van der Waals surface area contributed by atoms with E-state index in [1.165, 1.54) is 36.4 Å². The summed E-state index contributed by atoms with van der Waals surface area (Å²) in [6.07, 6.45) is -9.66. The van der Waals surface area contributed by atoms with Crippen molar-refractivity contribution < 1.29 is 63.8 Å². The monoisotopic (exact) mass is 1070 g/mol. The SMILES string of the molecule is CN1CCN(c2ccc(C(=O)Nc3nn(C(=O)c4ccc(N5CCN(C)CC5)cc4N(C(=O)C(F)(F)F)C4CCOCC4)c4ncc(Sc5cc(F)cc(F)c5)nc34)c(N(C(=O)C(F)(F)F)C3CCOCC3)c2)CC1. The van der Waals surface area contributed by atoms with Crippen LogP contribution in [0.3, 0.4) is 0 Å². The van der Waals surface area contributed by atoms with Crippen LogP contribution in [0, 0.1) is 11.6 Å². The second-order valence-electron chi connectivity index (χ2n) is 18.6. The highest BCUT2D eigenvalue weighted by molar-refractivity contribution is 7.99. The van der Waals surface area contributed by atoms with Crippen molar-refractivity contribution in [2.75, 3.05) is 118 Å². The van der Waals surface area contributed by atoms with Gasteiger partial charge in [-0.15, -0.1) is 5.10 Å². The van der Waals surface area contributed by atoms with E-state index in [-0.39, 0.29) is 78.9 Å². The summed E-state index contributed by atoms with van der Waals surface area (Å²) in [4.78, 5) is 75.2. The highest BCUT2D eigenvalue weighted by atomic mass is 32.2. The Balaban J connectivity index is 1.18. The van der Waals surface area contributed by atoms with Crippen LogP contribution >= 0.6 is 11.8 Å². The summed E-state index contributed by atoms with van der Waals surface area (Å²) in [7, 11) is 3.83. The van der Waals surface area contributed by atoms with Gasteiger partial charge in [0, 0.05) is 113 Å². The van der Waals surface area contributed by atoms with E-state index in [2.05, 4.69) is 30.2 Å². The number of nitrogens with one attached hydrogen (secondary N) is 1. The molecule has 9 rings (SSSR count). The van der Waals surface area contributed by atoms with Gasteiger partial charge < -0.3 is 44.2 Å². The Bertz CT molecular complexity index is 2930. The average molecular weight is 1070 g/mol. The molecule has 0 atom stereocenters. The van der Waals surface area contributed by atoms with Crippen molar-refractivity contribution in [3.8, 4) is 0 Å². The maximum atomic E-state index is 15.2. The summed E-state index contributed by atoms with van der Waals surface area (Å²) in [5, 5.41) is 6.90. The molecule has 0 saturated carbocycles. The number of nitrogens with zero attached hydrogens (tertiary/aromatic N) is 10. The van der Waals surface area contributed by atoms with Crippen LogP contribution in [0.1, 0.15) is 46.4 Å². The van der Waals surface area contributed by atoms with Crippen LogP contribution in [0.4, 0.5) is 63.7 Å². The molecule has 400 valence electrons. The maximum absolute atomic E-state index is 15.2. The van der Waals surface area contributed by atoms with E-state index >= 15 is 4.79 Å². The number of hydrogen-bond acceptors (Lipinski definition) is 14. The lowest BCUT2D eigenvalue weighted by Crippen LogP contribution is -2.50. The molecule has 0 radical (unpaired) electrons. The lowest BCUT2D eigenvalue weighted by Gasteiger charge is -2.37. The maximum Gasteiger partial charge on any atom is 0.471 e. The predicted molar refractivity (Wildman–Crippen MR) is 261 cm³/mol. The van der Waals surface area contributed by atoms with Gasteiger partial charge in [-0.1, -0.05) is 11.8 Å². The molecular formula is C49H51F8N11O6S. The standard InChI is InChI=1S/C49H51F8N11O6S/c1-62-11-15-64(16-12-62)33-3-5-36(38(26-33)66(46(71)48(52,53)54)31-7-19-73-20-8-31)44(69)60-42-41-43(58-28-40(59-41)75-35-24-29(50)23-30(51)25-35)68(61-42)45(70)37-6-4-34(65-17-13-63(2)14-18-65)27-39(37)67(47(72)49(55,56)57)32-9-21-74-22-10-32/h3-6,23-28,31-32H,7-22H2,1-2H3,(H,60,61,69). The Morgan fingerprint density at radius 2 is 1.12 bits per heavy atom. The van der Waals surface area contributed by atoms with Gasteiger partial charge in [0.1, 0.15) is 16.7 Å². The number of anilines is 5. The lowest BCUT2D eigenvalue weighted by atomic mass is 10.0. The number of fused-ring (bicyclic) bond motifs is 1. The fraction of sp³-hybridized carbons (Fsp3) is 0.449. The Morgan fingerprint density at radius 1 is 0.653 bits per heavy atom. The number of alkyl halides is 6. The first-order chi connectivity index (χ1) is 35.7. The number of aromatic nitrogens is 4.